The summed E-state index contributed by atoms with van der Waals surface area (Å²) < 4.78 is 0. The second-order valence-electron chi connectivity index (χ2n) is 5.36. The minimum Gasteiger partial charge on any atom is -0.365 e. The topological polar surface area (TPSA) is 15.3 Å². The van der Waals surface area contributed by atoms with Gasteiger partial charge in [0.1, 0.15) is 0 Å². The molecule has 1 aliphatic rings. The van der Waals surface area contributed by atoms with E-state index >= 15 is 0 Å². The van der Waals surface area contributed by atoms with Crippen LogP contribution >= 0.6 is 0 Å². The lowest BCUT2D eigenvalue weighted by Crippen LogP contribution is -2.46. The van der Waals surface area contributed by atoms with Crippen LogP contribution in [-0.4, -0.2) is 24.7 Å². The van der Waals surface area contributed by atoms with Gasteiger partial charge in [-0.2, -0.15) is 0 Å². The lowest BCUT2D eigenvalue weighted by Gasteiger charge is -2.39. The summed E-state index contributed by atoms with van der Waals surface area (Å²) >= 11 is 0. The number of benzene rings is 1. The molecule has 0 bridgehead atoms. The molecule has 1 saturated heterocycles. The first kappa shape index (κ1) is 11.5. The van der Waals surface area contributed by atoms with Gasteiger partial charge < -0.3 is 10.2 Å². The van der Waals surface area contributed by atoms with Gasteiger partial charge in [0.15, 0.2) is 0 Å². The van der Waals surface area contributed by atoms with Crippen LogP contribution in [0, 0.1) is 0 Å². The largest absolute Gasteiger partial charge is 0.365 e. The molecule has 0 aromatic heterocycles. The molecular formula is C14H22N2. The minimum absolute atomic E-state index is 0.235. The van der Waals surface area contributed by atoms with E-state index in [0.717, 1.165) is 13.1 Å². The number of hydrogen-bond acceptors (Lipinski definition) is 2. The maximum atomic E-state index is 3.56. The van der Waals surface area contributed by atoms with Crippen molar-refractivity contribution in [2.24, 2.45) is 0 Å². The third-order valence-corrected chi connectivity index (χ3v) is 3.48. The van der Waals surface area contributed by atoms with Gasteiger partial charge in [0.2, 0.25) is 0 Å². The zero-order chi connectivity index (χ0) is 11.6. The Morgan fingerprint density at radius 1 is 1.25 bits per heavy atom. The fraction of sp³-hybridized carbons (Fsp3) is 0.571. The summed E-state index contributed by atoms with van der Waals surface area (Å²) in [5.41, 5.74) is 1.57. The fourth-order valence-electron chi connectivity index (χ4n) is 2.41. The number of rotatable bonds is 1. The van der Waals surface area contributed by atoms with E-state index in [2.05, 4.69) is 61.3 Å². The van der Waals surface area contributed by atoms with Gasteiger partial charge >= 0.3 is 0 Å². The van der Waals surface area contributed by atoms with Crippen LogP contribution in [0.25, 0.3) is 0 Å². The van der Waals surface area contributed by atoms with Crippen LogP contribution in [-0.2, 0) is 0 Å². The summed E-state index contributed by atoms with van der Waals surface area (Å²) in [7, 11) is 0. The number of hydrogen-bond donors (Lipinski definition) is 1. The molecule has 1 aliphatic heterocycles. The van der Waals surface area contributed by atoms with Crippen LogP contribution in [0.4, 0.5) is 5.69 Å². The van der Waals surface area contributed by atoms with Crippen molar-refractivity contribution in [2.75, 3.05) is 18.0 Å². The molecule has 0 spiro atoms. The van der Waals surface area contributed by atoms with Crippen LogP contribution < -0.4 is 10.2 Å². The number of para-hydroxylation sites is 1. The first-order valence-corrected chi connectivity index (χ1v) is 6.16. The van der Waals surface area contributed by atoms with Crippen LogP contribution in [0.2, 0.25) is 0 Å². The van der Waals surface area contributed by atoms with Crippen molar-refractivity contribution in [1.82, 2.24) is 5.32 Å². The van der Waals surface area contributed by atoms with E-state index in [4.69, 9.17) is 0 Å². The van der Waals surface area contributed by atoms with E-state index in [1.807, 2.05) is 0 Å². The SMILES string of the molecule is CC1CN(c2ccccc2)C(C)(C)CCN1. The normalized spacial score (nSPS) is 25.2. The summed E-state index contributed by atoms with van der Waals surface area (Å²) in [5, 5.41) is 3.56. The van der Waals surface area contributed by atoms with Gasteiger partial charge in [-0.15, -0.1) is 0 Å². The van der Waals surface area contributed by atoms with Crippen molar-refractivity contribution in [3.8, 4) is 0 Å². The first-order chi connectivity index (χ1) is 7.59. The van der Waals surface area contributed by atoms with E-state index in [1.54, 1.807) is 0 Å². The highest BCUT2D eigenvalue weighted by molar-refractivity contribution is 5.49. The summed E-state index contributed by atoms with van der Waals surface area (Å²) in [6.45, 7) is 9.12. The molecular weight excluding hydrogens is 196 g/mol. The number of anilines is 1. The van der Waals surface area contributed by atoms with E-state index in [1.165, 1.54) is 12.1 Å². The second kappa shape index (κ2) is 4.46. The molecule has 88 valence electrons. The summed E-state index contributed by atoms with van der Waals surface area (Å²) in [6.07, 6.45) is 1.19. The predicted octanol–water partition coefficient (Wildman–Crippen LogP) is 2.65. The molecule has 2 nitrogen and oxygen atoms in total. The monoisotopic (exact) mass is 218 g/mol. The lowest BCUT2D eigenvalue weighted by molar-refractivity contribution is 0.453. The number of nitrogens with one attached hydrogen (secondary N) is 1. The Morgan fingerprint density at radius 2 is 1.94 bits per heavy atom. The minimum atomic E-state index is 0.235. The molecule has 1 fully saturated rings. The molecule has 1 aromatic carbocycles. The summed E-state index contributed by atoms with van der Waals surface area (Å²) in [6, 6.07) is 11.3. The third kappa shape index (κ3) is 2.38. The number of nitrogens with zero attached hydrogens (tertiary/aromatic N) is 1. The van der Waals surface area contributed by atoms with Crippen molar-refractivity contribution >= 4 is 5.69 Å². The second-order valence-corrected chi connectivity index (χ2v) is 5.36. The maximum absolute atomic E-state index is 3.56. The van der Waals surface area contributed by atoms with Gasteiger partial charge in [0.25, 0.3) is 0 Å². The van der Waals surface area contributed by atoms with Crippen LogP contribution in [0.15, 0.2) is 30.3 Å². The molecule has 1 atom stereocenters. The highest BCUT2D eigenvalue weighted by Gasteiger charge is 2.30. The van der Waals surface area contributed by atoms with Gasteiger partial charge in [0.05, 0.1) is 0 Å². The molecule has 1 N–H and O–H groups in total. The molecule has 16 heavy (non-hydrogen) atoms. The Bertz CT molecular complexity index is 332. The standard InChI is InChI=1S/C14H22N2/c1-12-11-16(13-7-5-4-6-8-13)14(2,3)9-10-15-12/h4-8,12,15H,9-11H2,1-3H3. The predicted molar refractivity (Wildman–Crippen MR) is 69.9 cm³/mol. The highest BCUT2D eigenvalue weighted by Crippen LogP contribution is 2.27. The van der Waals surface area contributed by atoms with E-state index < -0.39 is 0 Å². The van der Waals surface area contributed by atoms with E-state index in [-0.39, 0.29) is 5.54 Å². The Hall–Kier alpha value is -1.02. The Morgan fingerprint density at radius 3 is 2.62 bits per heavy atom. The molecule has 1 heterocycles. The van der Waals surface area contributed by atoms with Crippen molar-refractivity contribution in [1.29, 1.82) is 0 Å². The molecule has 0 aliphatic carbocycles. The third-order valence-electron chi connectivity index (χ3n) is 3.48. The van der Waals surface area contributed by atoms with Crippen molar-refractivity contribution < 1.29 is 0 Å². The van der Waals surface area contributed by atoms with Crippen molar-refractivity contribution in [3.63, 3.8) is 0 Å². The fourth-order valence-corrected chi connectivity index (χ4v) is 2.41. The van der Waals surface area contributed by atoms with E-state index in [0.29, 0.717) is 6.04 Å². The quantitative estimate of drug-likeness (QED) is 0.779. The lowest BCUT2D eigenvalue weighted by atomic mass is 9.97. The highest BCUT2D eigenvalue weighted by atomic mass is 15.2. The van der Waals surface area contributed by atoms with Crippen LogP contribution in [0.5, 0.6) is 0 Å². The van der Waals surface area contributed by atoms with Crippen molar-refractivity contribution in [3.05, 3.63) is 30.3 Å². The zero-order valence-corrected chi connectivity index (χ0v) is 10.5. The van der Waals surface area contributed by atoms with Gasteiger partial charge in [-0.05, 0) is 45.9 Å². The van der Waals surface area contributed by atoms with Gasteiger partial charge in [-0.25, -0.2) is 0 Å². The smallest absolute Gasteiger partial charge is 0.0371 e. The average Bonchev–Trinajstić information content (AvgIpc) is 2.39. The molecule has 2 heteroatoms. The molecule has 0 saturated carbocycles. The van der Waals surface area contributed by atoms with Crippen LogP contribution in [0.3, 0.4) is 0 Å². The first-order valence-electron chi connectivity index (χ1n) is 6.16. The average molecular weight is 218 g/mol. The Kier molecular flexibility index (Phi) is 3.20. The maximum Gasteiger partial charge on any atom is 0.0371 e. The summed E-state index contributed by atoms with van der Waals surface area (Å²) in [5.74, 6) is 0. The van der Waals surface area contributed by atoms with Gasteiger partial charge in [-0.1, -0.05) is 18.2 Å². The Balaban J connectivity index is 2.28. The van der Waals surface area contributed by atoms with E-state index in [9.17, 15) is 0 Å². The van der Waals surface area contributed by atoms with Crippen molar-refractivity contribution in [2.45, 2.75) is 38.8 Å². The zero-order valence-electron chi connectivity index (χ0n) is 10.5. The molecule has 0 radical (unpaired) electrons. The van der Waals surface area contributed by atoms with Gasteiger partial charge in [0, 0.05) is 23.8 Å². The summed E-state index contributed by atoms with van der Waals surface area (Å²) in [4.78, 5) is 2.53. The molecule has 1 aromatic rings. The van der Waals surface area contributed by atoms with Gasteiger partial charge in [-0.3, -0.25) is 0 Å². The molecule has 2 rings (SSSR count). The molecule has 1 unspecified atom stereocenters. The Labute approximate surface area is 98.7 Å². The molecule has 0 amide bonds. The van der Waals surface area contributed by atoms with Crippen LogP contribution in [0.1, 0.15) is 27.2 Å².